The first kappa shape index (κ1) is 6.60. The lowest BCUT2D eigenvalue weighted by atomic mass is 9.80. The Morgan fingerprint density at radius 1 is 1.42 bits per heavy atom. The van der Waals surface area contributed by atoms with Gasteiger partial charge in [-0.1, -0.05) is 0 Å². The molecule has 64 valence electrons. The van der Waals surface area contributed by atoms with E-state index in [0.29, 0.717) is 12.8 Å². The standard InChI is InChI=1S/C8H8O4/c9-6-5-3-4-1-2-8(5,12-4)7(10)11-6/h4-5H,1-3H2. The van der Waals surface area contributed by atoms with Gasteiger partial charge < -0.3 is 9.47 Å². The summed E-state index contributed by atoms with van der Waals surface area (Å²) in [6.07, 6.45) is 2.34. The maximum absolute atomic E-state index is 11.3. The number of rotatable bonds is 0. The zero-order valence-corrected chi connectivity index (χ0v) is 6.41. The largest absolute Gasteiger partial charge is 0.391 e. The Labute approximate surface area is 68.8 Å². The van der Waals surface area contributed by atoms with Gasteiger partial charge in [-0.25, -0.2) is 4.79 Å². The van der Waals surface area contributed by atoms with Crippen molar-refractivity contribution in [2.45, 2.75) is 31.0 Å². The van der Waals surface area contributed by atoms with Gasteiger partial charge >= 0.3 is 11.9 Å². The van der Waals surface area contributed by atoms with Crippen molar-refractivity contribution >= 4 is 11.9 Å². The van der Waals surface area contributed by atoms with E-state index >= 15 is 0 Å². The van der Waals surface area contributed by atoms with Crippen molar-refractivity contribution in [1.29, 1.82) is 0 Å². The second kappa shape index (κ2) is 1.71. The monoisotopic (exact) mass is 168 g/mol. The van der Waals surface area contributed by atoms with Gasteiger partial charge in [0.1, 0.15) is 0 Å². The summed E-state index contributed by atoms with van der Waals surface area (Å²) in [6, 6.07) is 0. The van der Waals surface area contributed by atoms with Gasteiger partial charge in [0.25, 0.3) is 0 Å². The van der Waals surface area contributed by atoms with Crippen molar-refractivity contribution < 1.29 is 19.1 Å². The average Bonchev–Trinajstić information content (AvgIpc) is 2.65. The van der Waals surface area contributed by atoms with E-state index in [1.54, 1.807) is 0 Å². The number of carbonyl (C=O) groups is 2. The molecule has 0 amide bonds. The third-order valence-electron chi connectivity index (χ3n) is 3.10. The minimum absolute atomic E-state index is 0.117. The van der Waals surface area contributed by atoms with E-state index in [0.717, 1.165) is 6.42 Å². The highest BCUT2D eigenvalue weighted by atomic mass is 16.6. The van der Waals surface area contributed by atoms with E-state index in [-0.39, 0.29) is 18.0 Å². The molecule has 4 heteroatoms. The van der Waals surface area contributed by atoms with Crippen LogP contribution < -0.4 is 0 Å². The van der Waals surface area contributed by atoms with Crippen molar-refractivity contribution in [2.24, 2.45) is 5.92 Å². The van der Waals surface area contributed by atoms with Crippen molar-refractivity contribution in [3.8, 4) is 0 Å². The number of hydrogen-bond acceptors (Lipinski definition) is 4. The van der Waals surface area contributed by atoms with Crippen LogP contribution in [0.15, 0.2) is 0 Å². The van der Waals surface area contributed by atoms with Crippen LogP contribution in [-0.2, 0) is 19.1 Å². The van der Waals surface area contributed by atoms with Crippen LogP contribution in [0.25, 0.3) is 0 Å². The lowest BCUT2D eigenvalue weighted by molar-refractivity contribution is -0.160. The highest BCUT2D eigenvalue weighted by molar-refractivity contribution is 6.02. The summed E-state index contributed by atoms with van der Waals surface area (Å²) in [5.74, 6) is -1.15. The molecule has 0 N–H and O–H groups in total. The minimum Gasteiger partial charge on any atom is -0.391 e. The van der Waals surface area contributed by atoms with Gasteiger partial charge in [0.2, 0.25) is 0 Å². The fourth-order valence-corrected chi connectivity index (χ4v) is 2.49. The first-order chi connectivity index (χ1) is 5.72. The topological polar surface area (TPSA) is 52.6 Å². The Balaban J connectivity index is 2.10. The molecule has 2 bridgehead atoms. The minimum atomic E-state index is -0.859. The highest BCUT2D eigenvalue weighted by Gasteiger charge is 2.67. The van der Waals surface area contributed by atoms with Gasteiger partial charge in [0, 0.05) is 0 Å². The quantitative estimate of drug-likeness (QED) is 0.377. The predicted molar refractivity (Wildman–Crippen MR) is 36.0 cm³/mol. The second-order valence-electron chi connectivity index (χ2n) is 3.66. The molecule has 1 spiro atoms. The molecular weight excluding hydrogens is 160 g/mol. The number of esters is 2. The summed E-state index contributed by atoms with van der Waals surface area (Å²) in [4.78, 5) is 22.4. The molecule has 3 fully saturated rings. The fraction of sp³-hybridized carbons (Fsp3) is 0.750. The Morgan fingerprint density at radius 3 is 2.92 bits per heavy atom. The van der Waals surface area contributed by atoms with Crippen molar-refractivity contribution in [2.75, 3.05) is 0 Å². The zero-order chi connectivity index (χ0) is 8.34. The zero-order valence-electron chi connectivity index (χ0n) is 6.41. The van der Waals surface area contributed by atoms with Crippen molar-refractivity contribution in [1.82, 2.24) is 0 Å². The van der Waals surface area contributed by atoms with E-state index in [1.807, 2.05) is 0 Å². The van der Waals surface area contributed by atoms with Crippen LogP contribution in [0.3, 0.4) is 0 Å². The van der Waals surface area contributed by atoms with Crippen LogP contribution in [0, 0.1) is 5.92 Å². The summed E-state index contributed by atoms with van der Waals surface area (Å²) in [5, 5.41) is 0. The van der Waals surface area contributed by atoms with Gasteiger partial charge in [0.05, 0.1) is 12.0 Å². The molecule has 3 aliphatic heterocycles. The average molecular weight is 168 g/mol. The summed E-state index contributed by atoms with van der Waals surface area (Å²) in [7, 11) is 0. The van der Waals surface area contributed by atoms with E-state index in [1.165, 1.54) is 0 Å². The normalized spacial score (nSPS) is 49.7. The Morgan fingerprint density at radius 2 is 2.25 bits per heavy atom. The molecule has 4 nitrogen and oxygen atoms in total. The molecule has 12 heavy (non-hydrogen) atoms. The van der Waals surface area contributed by atoms with E-state index < -0.39 is 11.6 Å². The molecule has 3 atom stereocenters. The van der Waals surface area contributed by atoms with E-state index in [9.17, 15) is 9.59 Å². The fourth-order valence-electron chi connectivity index (χ4n) is 2.49. The maximum atomic E-state index is 11.3. The molecule has 0 aromatic heterocycles. The Kier molecular flexibility index (Phi) is 0.942. The molecule has 0 aliphatic carbocycles. The Hall–Kier alpha value is -0.900. The predicted octanol–water partition coefficient (Wildman–Crippen LogP) is 0.00750. The van der Waals surface area contributed by atoms with Crippen molar-refractivity contribution in [3.63, 3.8) is 0 Å². The van der Waals surface area contributed by atoms with Gasteiger partial charge in [-0.15, -0.1) is 0 Å². The molecule has 3 saturated heterocycles. The van der Waals surface area contributed by atoms with Crippen molar-refractivity contribution in [3.05, 3.63) is 0 Å². The number of ether oxygens (including phenoxy) is 2. The smallest absolute Gasteiger partial charge is 0.346 e. The van der Waals surface area contributed by atoms with Gasteiger partial charge in [-0.05, 0) is 19.3 Å². The number of hydrogen-bond donors (Lipinski definition) is 0. The lowest BCUT2D eigenvalue weighted by Gasteiger charge is -2.17. The first-order valence-corrected chi connectivity index (χ1v) is 4.16. The van der Waals surface area contributed by atoms with Gasteiger partial charge in [-0.3, -0.25) is 4.79 Å². The summed E-state index contributed by atoms with van der Waals surface area (Å²) >= 11 is 0. The molecule has 3 aliphatic rings. The van der Waals surface area contributed by atoms with Gasteiger partial charge in [0.15, 0.2) is 5.60 Å². The molecule has 0 saturated carbocycles. The highest BCUT2D eigenvalue weighted by Crippen LogP contribution is 2.51. The molecule has 0 aromatic carbocycles. The molecule has 3 rings (SSSR count). The van der Waals surface area contributed by atoms with Crippen LogP contribution >= 0.6 is 0 Å². The molecule has 3 unspecified atom stereocenters. The van der Waals surface area contributed by atoms with Crippen LogP contribution in [0.5, 0.6) is 0 Å². The second-order valence-corrected chi connectivity index (χ2v) is 3.66. The third-order valence-corrected chi connectivity index (χ3v) is 3.10. The van der Waals surface area contributed by atoms with E-state index in [4.69, 9.17) is 4.74 Å². The number of fused-ring (bicyclic) bond motifs is 1. The third kappa shape index (κ3) is 0.513. The SMILES string of the molecule is O=C1OC(=O)C23CCC(CC12)O3. The van der Waals surface area contributed by atoms with Crippen LogP contribution in [0.1, 0.15) is 19.3 Å². The number of cyclic esters (lactones) is 2. The summed E-state index contributed by atoms with van der Waals surface area (Å²) < 4.78 is 10.0. The number of carbonyl (C=O) groups excluding carboxylic acids is 2. The first-order valence-electron chi connectivity index (χ1n) is 4.16. The molecule has 3 heterocycles. The van der Waals surface area contributed by atoms with Gasteiger partial charge in [-0.2, -0.15) is 0 Å². The van der Waals surface area contributed by atoms with E-state index in [2.05, 4.69) is 4.74 Å². The molecular formula is C8H8O4. The lowest BCUT2D eigenvalue weighted by Crippen LogP contribution is -2.37. The summed E-state index contributed by atoms with van der Waals surface area (Å²) in [6.45, 7) is 0. The van der Waals surface area contributed by atoms with Crippen LogP contribution in [0.2, 0.25) is 0 Å². The molecule has 0 aromatic rings. The molecule has 0 radical (unpaired) electrons. The van der Waals surface area contributed by atoms with Crippen LogP contribution in [-0.4, -0.2) is 23.6 Å². The Bertz CT molecular complexity index is 285. The summed E-state index contributed by atoms with van der Waals surface area (Å²) in [5.41, 5.74) is -0.859. The maximum Gasteiger partial charge on any atom is 0.346 e. The van der Waals surface area contributed by atoms with Crippen LogP contribution in [0.4, 0.5) is 0 Å².